The fourth-order valence-electron chi connectivity index (χ4n) is 3.36. The lowest BCUT2D eigenvalue weighted by Gasteiger charge is -2.53. The van der Waals surface area contributed by atoms with Crippen molar-refractivity contribution < 1.29 is 4.79 Å². The summed E-state index contributed by atoms with van der Waals surface area (Å²) in [6.07, 6.45) is 6.45. The lowest BCUT2D eigenvalue weighted by molar-refractivity contribution is -0.0231. The number of amides is 2. The molecule has 0 unspecified atom stereocenters. The highest BCUT2D eigenvalue weighted by molar-refractivity contribution is 5.76. The second-order valence-electron chi connectivity index (χ2n) is 7.08. The lowest BCUT2D eigenvalue weighted by atomic mass is 9.74. The van der Waals surface area contributed by atoms with Gasteiger partial charge in [0, 0.05) is 37.6 Å². The van der Waals surface area contributed by atoms with Crippen LogP contribution in [0.5, 0.6) is 0 Å². The summed E-state index contributed by atoms with van der Waals surface area (Å²) in [5, 5.41) is 2.99. The van der Waals surface area contributed by atoms with Crippen molar-refractivity contribution in [2.24, 2.45) is 12.5 Å². The molecule has 0 aromatic carbocycles. The average molecular weight is 327 g/mol. The SMILES string of the molecule is CCc1ccnc(CNC(=O)N2CC(C)(C)[C@@H]2c2nccn2C)c1. The van der Waals surface area contributed by atoms with Crippen LogP contribution in [0.2, 0.25) is 0 Å². The quantitative estimate of drug-likeness (QED) is 0.939. The maximum Gasteiger partial charge on any atom is 0.318 e. The largest absolute Gasteiger partial charge is 0.336 e. The van der Waals surface area contributed by atoms with Crippen LogP contribution in [-0.4, -0.2) is 32.0 Å². The maximum absolute atomic E-state index is 12.6. The van der Waals surface area contributed by atoms with E-state index in [4.69, 9.17) is 0 Å². The Morgan fingerprint density at radius 2 is 2.17 bits per heavy atom. The van der Waals surface area contributed by atoms with Gasteiger partial charge in [-0.05, 0) is 24.1 Å². The normalized spacial score (nSPS) is 19.0. The molecule has 0 spiro atoms. The van der Waals surface area contributed by atoms with Gasteiger partial charge in [0.15, 0.2) is 0 Å². The summed E-state index contributed by atoms with van der Waals surface area (Å²) in [6.45, 7) is 7.61. The van der Waals surface area contributed by atoms with Crippen molar-refractivity contribution >= 4 is 6.03 Å². The van der Waals surface area contributed by atoms with Crippen molar-refractivity contribution in [1.29, 1.82) is 0 Å². The van der Waals surface area contributed by atoms with E-state index >= 15 is 0 Å². The van der Waals surface area contributed by atoms with Crippen LogP contribution in [0, 0.1) is 5.41 Å². The lowest BCUT2D eigenvalue weighted by Crippen LogP contribution is -2.60. The van der Waals surface area contributed by atoms with E-state index < -0.39 is 0 Å². The zero-order chi connectivity index (χ0) is 17.3. The van der Waals surface area contributed by atoms with E-state index in [9.17, 15) is 4.79 Å². The van der Waals surface area contributed by atoms with Crippen LogP contribution >= 0.6 is 0 Å². The molecule has 1 N–H and O–H groups in total. The van der Waals surface area contributed by atoms with E-state index in [1.807, 2.05) is 34.8 Å². The van der Waals surface area contributed by atoms with Crippen LogP contribution in [-0.2, 0) is 20.0 Å². The number of urea groups is 1. The fraction of sp³-hybridized carbons (Fsp3) is 0.500. The zero-order valence-electron chi connectivity index (χ0n) is 14.8. The molecule has 1 aliphatic heterocycles. The Morgan fingerprint density at radius 1 is 1.38 bits per heavy atom. The topological polar surface area (TPSA) is 63.1 Å². The Kier molecular flexibility index (Phi) is 4.30. The number of carbonyl (C=O) groups excluding carboxylic acids is 1. The number of imidazole rings is 1. The number of nitrogens with zero attached hydrogens (tertiary/aromatic N) is 4. The molecule has 128 valence electrons. The highest BCUT2D eigenvalue weighted by Crippen LogP contribution is 2.47. The molecule has 0 saturated carbocycles. The maximum atomic E-state index is 12.6. The van der Waals surface area contributed by atoms with Crippen molar-refractivity contribution in [3.8, 4) is 0 Å². The molecule has 1 atom stereocenters. The number of hydrogen-bond donors (Lipinski definition) is 1. The van der Waals surface area contributed by atoms with Gasteiger partial charge in [0.05, 0.1) is 18.3 Å². The first-order chi connectivity index (χ1) is 11.4. The van der Waals surface area contributed by atoms with Crippen molar-refractivity contribution in [2.75, 3.05) is 6.54 Å². The molecule has 1 fully saturated rings. The first-order valence-electron chi connectivity index (χ1n) is 8.38. The smallest absolute Gasteiger partial charge is 0.318 e. The summed E-state index contributed by atoms with van der Waals surface area (Å²) in [7, 11) is 1.97. The Bertz CT molecular complexity index is 737. The predicted octanol–water partition coefficient (Wildman–Crippen LogP) is 2.67. The Balaban J connectivity index is 1.67. The number of likely N-dealkylation sites (tertiary alicyclic amines) is 1. The van der Waals surface area contributed by atoms with E-state index in [2.05, 4.69) is 36.1 Å². The Morgan fingerprint density at radius 3 is 2.79 bits per heavy atom. The summed E-state index contributed by atoms with van der Waals surface area (Å²) in [5.74, 6) is 0.924. The van der Waals surface area contributed by atoms with E-state index in [1.165, 1.54) is 5.56 Å². The number of aryl methyl sites for hydroxylation is 2. The minimum absolute atomic E-state index is 0.00700. The Labute approximate surface area is 142 Å². The Hall–Kier alpha value is -2.37. The van der Waals surface area contributed by atoms with Crippen LogP contribution in [0.1, 0.15) is 43.9 Å². The van der Waals surface area contributed by atoms with Gasteiger partial charge in [-0.25, -0.2) is 9.78 Å². The fourth-order valence-corrected chi connectivity index (χ4v) is 3.36. The van der Waals surface area contributed by atoms with E-state index in [0.717, 1.165) is 24.5 Å². The second-order valence-corrected chi connectivity index (χ2v) is 7.08. The number of hydrogen-bond acceptors (Lipinski definition) is 3. The van der Waals surface area contributed by atoms with Crippen LogP contribution in [0.25, 0.3) is 0 Å². The van der Waals surface area contributed by atoms with Crippen molar-refractivity contribution in [3.05, 3.63) is 47.8 Å². The molecule has 6 nitrogen and oxygen atoms in total. The molecule has 3 heterocycles. The molecule has 0 aliphatic carbocycles. The summed E-state index contributed by atoms with van der Waals surface area (Å²) < 4.78 is 1.98. The molecule has 24 heavy (non-hydrogen) atoms. The highest BCUT2D eigenvalue weighted by Gasteiger charge is 2.50. The van der Waals surface area contributed by atoms with Gasteiger partial charge in [-0.1, -0.05) is 20.8 Å². The highest BCUT2D eigenvalue weighted by atomic mass is 16.2. The number of nitrogens with one attached hydrogen (secondary N) is 1. The van der Waals surface area contributed by atoms with Gasteiger partial charge in [-0.3, -0.25) is 4.98 Å². The van der Waals surface area contributed by atoms with Gasteiger partial charge in [0.1, 0.15) is 5.82 Å². The van der Waals surface area contributed by atoms with Gasteiger partial charge in [0.2, 0.25) is 0 Å². The van der Waals surface area contributed by atoms with Crippen LogP contribution in [0.15, 0.2) is 30.7 Å². The summed E-state index contributed by atoms with van der Waals surface area (Å²) in [5.41, 5.74) is 2.14. The standard InChI is InChI=1S/C18H25N5O/c1-5-13-6-7-19-14(10-13)11-21-17(24)23-12-18(2,3)15(23)16-20-8-9-22(16)4/h6-10,15H,5,11-12H2,1-4H3,(H,21,24)/t15-/m0/s1. The molecule has 1 aliphatic rings. The average Bonchev–Trinajstić information content (AvgIpc) is 2.96. The summed E-state index contributed by atoms with van der Waals surface area (Å²) >= 11 is 0. The molecule has 2 amide bonds. The molecule has 3 rings (SSSR count). The van der Waals surface area contributed by atoms with Gasteiger partial charge in [-0.15, -0.1) is 0 Å². The van der Waals surface area contributed by atoms with Crippen LogP contribution in [0.4, 0.5) is 4.79 Å². The third-order valence-corrected chi connectivity index (χ3v) is 4.70. The summed E-state index contributed by atoms with van der Waals surface area (Å²) in [6, 6.07) is 3.97. The first-order valence-corrected chi connectivity index (χ1v) is 8.38. The molecular formula is C18H25N5O. The van der Waals surface area contributed by atoms with Gasteiger partial charge in [0.25, 0.3) is 0 Å². The van der Waals surface area contributed by atoms with Crippen molar-refractivity contribution in [3.63, 3.8) is 0 Å². The van der Waals surface area contributed by atoms with Crippen molar-refractivity contribution in [1.82, 2.24) is 24.8 Å². The van der Waals surface area contributed by atoms with E-state index in [0.29, 0.717) is 6.54 Å². The van der Waals surface area contributed by atoms with Gasteiger partial charge >= 0.3 is 6.03 Å². The minimum atomic E-state index is -0.0639. The number of pyridine rings is 1. The minimum Gasteiger partial charge on any atom is -0.336 e. The monoisotopic (exact) mass is 327 g/mol. The second kappa shape index (κ2) is 6.26. The van der Waals surface area contributed by atoms with Crippen LogP contribution in [0.3, 0.4) is 0 Å². The molecule has 6 heteroatoms. The molecule has 2 aromatic heterocycles. The molecule has 2 aromatic rings. The van der Waals surface area contributed by atoms with E-state index in [-0.39, 0.29) is 17.5 Å². The molecule has 0 bridgehead atoms. The third kappa shape index (κ3) is 3.00. The number of rotatable bonds is 4. The predicted molar refractivity (Wildman–Crippen MR) is 92.3 cm³/mol. The summed E-state index contributed by atoms with van der Waals surface area (Å²) in [4.78, 5) is 23.2. The van der Waals surface area contributed by atoms with E-state index in [1.54, 1.807) is 12.4 Å². The first kappa shape index (κ1) is 16.5. The number of carbonyl (C=O) groups is 1. The number of aromatic nitrogens is 3. The van der Waals surface area contributed by atoms with Crippen LogP contribution < -0.4 is 5.32 Å². The molecule has 0 radical (unpaired) electrons. The third-order valence-electron chi connectivity index (χ3n) is 4.70. The molecule has 1 saturated heterocycles. The molecular weight excluding hydrogens is 302 g/mol. The zero-order valence-corrected chi connectivity index (χ0v) is 14.8. The van der Waals surface area contributed by atoms with Gasteiger partial charge in [-0.2, -0.15) is 0 Å². The van der Waals surface area contributed by atoms with Gasteiger partial charge < -0.3 is 14.8 Å². The van der Waals surface area contributed by atoms with Crippen molar-refractivity contribution in [2.45, 2.75) is 39.8 Å².